The monoisotopic (exact) mass is 1080 g/mol. The fourth-order valence-corrected chi connectivity index (χ4v) is 11.9. The third-order valence-corrected chi connectivity index (χ3v) is 15.9. The number of H-pyrrole nitrogens is 4. The predicted octanol–water partition coefficient (Wildman–Crippen LogP) is 10.6. The molecule has 0 saturated carbocycles. The van der Waals surface area contributed by atoms with E-state index in [0.717, 1.165) is 168 Å². The Labute approximate surface area is 450 Å². The molecule has 0 radical (unpaired) electrons. The summed E-state index contributed by atoms with van der Waals surface area (Å²) in [5.74, 6) is -1.40. The van der Waals surface area contributed by atoms with Crippen molar-refractivity contribution in [3.05, 3.63) is 170 Å². The Kier molecular flexibility index (Phi) is 16.1. The molecule has 17 heteroatoms. The molecule has 8 N–H and O–H groups in total. The van der Waals surface area contributed by atoms with Crippen LogP contribution in [0.5, 0.6) is 5.75 Å². The van der Waals surface area contributed by atoms with Crippen molar-refractivity contribution in [3.8, 4) is 5.75 Å². The lowest BCUT2D eigenvalue weighted by atomic mass is 9.87. The average Bonchev–Trinajstić information content (AvgIpc) is 4.33. The molecule has 9 aromatic rings. The van der Waals surface area contributed by atoms with Crippen LogP contribution < -0.4 is 16.2 Å². The highest BCUT2D eigenvalue weighted by Gasteiger charge is 2.27. The molecule has 14 rings (SSSR count). The fourth-order valence-electron chi connectivity index (χ4n) is 11.9. The highest BCUT2D eigenvalue weighted by atomic mass is 19.1. The molecule has 5 atom stereocenters. The first-order valence-electron chi connectivity index (χ1n) is 26.7. The van der Waals surface area contributed by atoms with Crippen molar-refractivity contribution < 1.29 is 50.7 Å². The second-order valence-corrected chi connectivity index (χ2v) is 21.2. The molecule has 4 aliphatic carbocycles. The van der Waals surface area contributed by atoms with Crippen LogP contribution in [0, 0.1) is 52.8 Å². The number of amides is 1. The molecule has 5 aliphatic rings. The summed E-state index contributed by atoms with van der Waals surface area (Å²) in [4.78, 5) is 67.4. The van der Waals surface area contributed by atoms with E-state index in [2.05, 4.69) is 19.9 Å². The van der Waals surface area contributed by atoms with E-state index in [4.69, 9.17) is 16.2 Å². The van der Waals surface area contributed by atoms with Gasteiger partial charge in [-0.1, -0.05) is 0 Å². The van der Waals surface area contributed by atoms with Crippen LogP contribution in [-0.2, 0) is 77.0 Å². The number of carbonyl (C=O) groups is 5. The van der Waals surface area contributed by atoms with Crippen LogP contribution in [0.4, 0.5) is 22.0 Å². The van der Waals surface area contributed by atoms with Gasteiger partial charge in [0.15, 0.2) is 11.6 Å². The van der Waals surface area contributed by atoms with E-state index in [9.17, 15) is 45.9 Å². The number of ether oxygens (including phenoxy) is 1. The van der Waals surface area contributed by atoms with Crippen molar-refractivity contribution in [1.29, 1.82) is 0 Å². The van der Waals surface area contributed by atoms with Gasteiger partial charge in [-0.2, -0.15) is 0 Å². The Balaban J connectivity index is 0.000000111. The maximum absolute atomic E-state index is 13.3. The molecule has 1 aliphatic heterocycles. The van der Waals surface area contributed by atoms with Crippen LogP contribution in [0.25, 0.3) is 43.6 Å². The maximum Gasteiger partial charge on any atom is 0.249 e. The SMILES string of the molecule is NC(=O)c1ccc(F)c2c1CC(N)CO2.O=CC1CCc2[nH]c3ccc(F)cc3c2C1.O=CC1CCc2[nH]c3ccc(F)cc3c2C1.O=CC1CCc2c([nH]c3ccc(F)cc23)C1.O=CC1CCc2c([nH]c3ccc(F)cc23)C1. The summed E-state index contributed by atoms with van der Waals surface area (Å²) in [6, 6.07) is 21.5. The number of nitrogens with two attached hydrogens (primary N) is 2. The van der Waals surface area contributed by atoms with Gasteiger partial charge >= 0.3 is 0 Å². The first-order valence-corrected chi connectivity index (χ1v) is 26.7. The first-order chi connectivity index (χ1) is 38.2. The molecule has 0 spiro atoms. The van der Waals surface area contributed by atoms with E-state index >= 15 is 0 Å². The summed E-state index contributed by atoms with van der Waals surface area (Å²) in [5, 5.41) is 3.81. The summed E-state index contributed by atoms with van der Waals surface area (Å²) >= 11 is 0. The third-order valence-electron chi connectivity index (χ3n) is 15.9. The molecular weight excluding hydrogens is 1020 g/mol. The summed E-state index contributed by atoms with van der Waals surface area (Å²) in [6.45, 7) is 0.256. The van der Waals surface area contributed by atoms with E-state index in [-0.39, 0.29) is 70.9 Å². The van der Waals surface area contributed by atoms with Crippen LogP contribution in [0.2, 0.25) is 0 Å². The number of nitrogens with one attached hydrogen (secondary N) is 4. The molecule has 5 heterocycles. The number of fused-ring (bicyclic) bond motifs is 13. The topological polar surface area (TPSA) is 210 Å². The quantitative estimate of drug-likeness (QED) is 0.0725. The first kappa shape index (κ1) is 54.2. The minimum atomic E-state index is -0.594. The Morgan fingerprint density at radius 1 is 0.456 bits per heavy atom. The Morgan fingerprint density at radius 2 is 0.823 bits per heavy atom. The van der Waals surface area contributed by atoms with E-state index < -0.39 is 11.7 Å². The molecular formula is C62H59F5N6O6. The van der Waals surface area contributed by atoms with Crippen molar-refractivity contribution in [2.75, 3.05) is 6.61 Å². The van der Waals surface area contributed by atoms with Gasteiger partial charge in [-0.3, -0.25) is 4.79 Å². The molecule has 1 amide bonds. The molecule has 0 bridgehead atoms. The predicted molar refractivity (Wildman–Crippen MR) is 291 cm³/mol. The van der Waals surface area contributed by atoms with Gasteiger partial charge in [0.1, 0.15) is 55.0 Å². The van der Waals surface area contributed by atoms with Crippen LogP contribution in [0.15, 0.2) is 84.9 Å². The van der Waals surface area contributed by atoms with Gasteiger partial charge in [-0.25, -0.2) is 22.0 Å². The van der Waals surface area contributed by atoms with E-state index in [1.165, 1.54) is 58.9 Å². The molecule has 79 heavy (non-hydrogen) atoms. The number of aromatic nitrogens is 4. The Bertz CT molecular complexity index is 3570. The molecule has 4 aromatic heterocycles. The minimum absolute atomic E-state index is 0.0924. The number of carbonyl (C=O) groups excluding carboxylic acids is 5. The molecule has 5 unspecified atom stereocenters. The number of aromatic amines is 4. The number of hydrogen-bond donors (Lipinski definition) is 6. The number of halogens is 5. The summed E-state index contributed by atoms with van der Waals surface area (Å²) in [7, 11) is 0. The normalized spacial score (nSPS) is 19.6. The summed E-state index contributed by atoms with van der Waals surface area (Å²) in [5.41, 5.74) is 24.6. The van der Waals surface area contributed by atoms with E-state index in [1.807, 2.05) is 0 Å². The Hall–Kier alpha value is -8.18. The average molecular weight is 1080 g/mol. The largest absolute Gasteiger partial charge is 0.489 e. The molecule has 12 nitrogen and oxygen atoms in total. The van der Waals surface area contributed by atoms with Gasteiger partial charge in [0.25, 0.3) is 0 Å². The maximum atomic E-state index is 13.3. The number of primary amides is 1. The smallest absolute Gasteiger partial charge is 0.249 e. The number of aryl methyl sites for hydroxylation is 4. The van der Waals surface area contributed by atoms with Crippen LogP contribution in [0.1, 0.15) is 86.6 Å². The van der Waals surface area contributed by atoms with Crippen molar-refractivity contribution >= 4 is 74.7 Å². The van der Waals surface area contributed by atoms with Crippen molar-refractivity contribution in [3.63, 3.8) is 0 Å². The molecule has 0 fully saturated rings. The fraction of sp³-hybridized carbons (Fsp3) is 0.306. The van der Waals surface area contributed by atoms with Crippen LogP contribution in [0.3, 0.4) is 0 Å². The van der Waals surface area contributed by atoms with Gasteiger partial charge in [0, 0.05) is 107 Å². The van der Waals surface area contributed by atoms with E-state index in [1.54, 1.807) is 48.5 Å². The second kappa shape index (κ2) is 23.4. The highest BCUT2D eigenvalue weighted by Crippen LogP contribution is 2.36. The number of benzene rings is 5. The summed E-state index contributed by atoms with van der Waals surface area (Å²) < 4.78 is 71.1. The lowest BCUT2D eigenvalue weighted by molar-refractivity contribution is -0.112. The van der Waals surface area contributed by atoms with Gasteiger partial charge in [-0.05, 0) is 191 Å². The van der Waals surface area contributed by atoms with Crippen LogP contribution in [-0.4, -0.2) is 63.6 Å². The van der Waals surface area contributed by atoms with Gasteiger partial charge < -0.3 is 55.3 Å². The Morgan fingerprint density at radius 3 is 1.22 bits per heavy atom. The zero-order chi connectivity index (χ0) is 55.5. The summed E-state index contributed by atoms with van der Waals surface area (Å²) in [6.07, 6.45) is 14.5. The number of hydrogen-bond acceptors (Lipinski definition) is 7. The van der Waals surface area contributed by atoms with Gasteiger partial charge in [0.2, 0.25) is 5.91 Å². The zero-order valence-corrected chi connectivity index (χ0v) is 43.2. The lowest BCUT2D eigenvalue weighted by Crippen LogP contribution is -2.35. The minimum Gasteiger partial charge on any atom is -0.489 e. The van der Waals surface area contributed by atoms with Crippen LogP contribution >= 0.6 is 0 Å². The number of rotatable bonds is 5. The van der Waals surface area contributed by atoms with Crippen molar-refractivity contribution in [2.24, 2.45) is 35.1 Å². The standard InChI is InChI=1S/4C13H12FNO.C10H11FN2O2/c2*14-9-2-4-13-11(6-9)10-5-8(7-16)1-3-12(10)15-13;2*14-9-2-4-12-11(6-9)10-3-1-8(7-16)5-13(10)15-12;11-8-2-1-6(10(13)14)7-3-5(12)4-15-9(7)8/h4*2,4,6-8,15H,1,3,5H2;1-2,5H,3-4,12H2,(H2,13,14). The molecule has 5 aromatic carbocycles. The van der Waals surface area contributed by atoms with E-state index in [0.29, 0.717) is 12.0 Å². The third kappa shape index (κ3) is 11.7. The number of aldehydes is 4. The highest BCUT2D eigenvalue weighted by molar-refractivity contribution is 5.95. The second-order valence-electron chi connectivity index (χ2n) is 21.2. The molecule has 408 valence electrons. The van der Waals surface area contributed by atoms with Crippen molar-refractivity contribution in [2.45, 2.75) is 89.5 Å². The molecule has 0 saturated heterocycles. The zero-order valence-electron chi connectivity index (χ0n) is 43.2. The van der Waals surface area contributed by atoms with Gasteiger partial charge in [-0.15, -0.1) is 0 Å². The van der Waals surface area contributed by atoms with Gasteiger partial charge in [0.05, 0.1) is 0 Å². The lowest BCUT2D eigenvalue weighted by Gasteiger charge is -2.24. The van der Waals surface area contributed by atoms with Crippen molar-refractivity contribution in [1.82, 2.24) is 19.9 Å².